The van der Waals surface area contributed by atoms with Crippen LogP contribution in [0.2, 0.25) is 0 Å². The third-order valence-electron chi connectivity index (χ3n) is 29.2. The topological polar surface area (TPSA) is 84.2 Å². The molecular formula is C137H93N9S. The molecule has 0 unspecified atom stereocenters. The van der Waals surface area contributed by atoms with Crippen LogP contribution in [0.25, 0.3) is 264 Å². The van der Waals surface area contributed by atoms with Crippen molar-refractivity contribution in [3.8, 4) is 124 Å². The van der Waals surface area contributed by atoms with E-state index in [0.717, 1.165) is 88.8 Å². The van der Waals surface area contributed by atoms with Crippen molar-refractivity contribution in [1.82, 2.24) is 43.2 Å². The summed E-state index contributed by atoms with van der Waals surface area (Å²) in [5.74, 6) is 2.24. The van der Waals surface area contributed by atoms with Gasteiger partial charge < -0.3 is 4.57 Å². The molecule has 0 atom stereocenters. The molecule has 0 radical (unpaired) electrons. The maximum atomic E-state index is 5.34. The van der Waals surface area contributed by atoms with Crippen LogP contribution < -0.4 is 0 Å². The van der Waals surface area contributed by atoms with E-state index < -0.39 is 0 Å². The fourth-order valence-corrected chi connectivity index (χ4v) is 23.3. The van der Waals surface area contributed by atoms with Crippen molar-refractivity contribution < 1.29 is 0 Å². The summed E-state index contributed by atoms with van der Waals surface area (Å²) in [6.07, 6.45) is 1.88. The van der Waals surface area contributed by atoms with Crippen LogP contribution in [0.3, 0.4) is 0 Å². The Kier molecular flexibility index (Phi) is 21.5. The molecular weight excluding hydrogens is 1800 g/mol. The number of para-hydroxylation sites is 6. The van der Waals surface area contributed by atoms with Gasteiger partial charge >= 0.3 is 0 Å². The van der Waals surface area contributed by atoms with E-state index in [9.17, 15) is 0 Å². The van der Waals surface area contributed by atoms with Crippen molar-refractivity contribution >= 4 is 151 Å². The molecule has 8 heterocycles. The first-order chi connectivity index (χ1) is 72.5. The quantitative estimate of drug-likeness (QED) is 0.115. The van der Waals surface area contributed by atoms with Crippen LogP contribution in [0.1, 0.15) is 26.3 Å². The number of aromatic nitrogens is 9. The highest BCUT2D eigenvalue weighted by Crippen LogP contribution is 2.47. The van der Waals surface area contributed by atoms with E-state index in [1.165, 1.54) is 169 Å². The molecule has 29 rings (SSSR count). The lowest BCUT2D eigenvalue weighted by molar-refractivity contribution is 0.590. The van der Waals surface area contributed by atoms with E-state index in [1.807, 2.05) is 23.6 Å². The standard InChI is InChI=1S/C51H33N3.C46H29N3S.C40H31N3/c1-3-13-34(14-4-1)35-23-25-36(26-24-35)43-33-51(52-46-20-10-7-17-40(43)46)54-48-22-12-9-19-42(48)45-32-38(28-30-50(45)54)37-27-29-49-44(31-37)41-18-8-11-21-47(41)53(49)39-15-5-2-6-16-39;1-2-11-30(12-3-1)31-13-8-14-32(27-31)33-23-24-38-37-17-4-6-21-42(37)49(43(38)29-33)46-47-26-25-41(48-46)35-16-9-15-34(28-35)36-19-10-20-40-39-18-5-7-22-44(39)50-45(36)40;1-40(2,3)30-21-17-28(18-22-30)38-32-15-9-10-16-34(32)41-39(42-38)43-35-24-20-27-13-7-8-14-31(27)37(35)33-23-19-29(25-36(33)43)26-11-5-4-6-12-26/h1-33H;1-29H;4-25H,1-3H3. The summed E-state index contributed by atoms with van der Waals surface area (Å²) in [5.41, 5.74) is 34.1. The molecule has 0 spiro atoms. The van der Waals surface area contributed by atoms with Gasteiger partial charge in [-0.15, -0.1) is 11.3 Å². The summed E-state index contributed by atoms with van der Waals surface area (Å²) in [6, 6.07) is 180. The Morgan fingerprint density at radius 2 is 0.646 bits per heavy atom. The van der Waals surface area contributed by atoms with Gasteiger partial charge in [-0.2, -0.15) is 0 Å². The van der Waals surface area contributed by atoms with Gasteiger partial charge in [-0.25, -0.2) is 24.9 Å². The summed E-state index contributed by atoms with van der Waals surface area (Å²) >= 11 is 1.86. The second-order valence-electron chi connectivity index (χ2n) is 39.0. The number of fused-ring (bicyclic) bond motifs is 19. The molecule has 0 aliphatic rings. The van der Waals surface area contributed by atoms with Gasteiger partial charge in [0, 0.05) is 97.0 Å². The number of benzene rings is 21. The molecule has 21 aromatic carbocycles. The van der Waals surface area contributed by atoms with E-state index in [4.69, 9.17) is 24.9 Å². The van der Waals surface area contributed by atoms with Gasteiger partial charge in [0.15, 0.2) is 0 Å². The Labute approximate surface area is 853 Å². The zero-order valence-electron chi connectivity index (χ0n) is 80.9. The maximum absolute atomic E-state index is 5.34. The molecule has 9 nitrogen and oxygen atoms in total. The minimum atomic E-state index is 0.0830. The Bertz CT molecular complexity index is 10200. The second kappa shape index (κ2) is 36.3. The summed E-state index contributed by atoms with van der Waals surface area (Å²) in [6.45, 7) is 6.74. The highest BCUT2D eigenvalue weighted by Gasteiger charge is 2.26. The average molecular weight is 1900 g/mol. The molecule has 0 amide bonds. The molecule has 8 aromatic heterocycles. The second-order valence-corrected chi connectivity index (χ2v) is 40.0. The third kappa shape index (κ3) is 15.6. The molecule has 0 aliphatic heterocycles. The number of rotatable bonds is 13. The van der Waals surface area contributed by atoms with Crippen LogP contribution >= 0.6 is 11.3 Å². The van der Waals surface area contributed by atoms with Gasteiger partial charge in [-0.05, 0) is 215 Å². The van der Waals surface area contributed by atoms with Crippen LogP contribution in [0, 0.1) is 0 Å². The Hall–Kier alpha value is -18.9. The Morgan fingerprint density at radius 1 is 0.218 bits per heavy atom. The molecule has 29 aromatic rings. The van der Waals surface area contributed by atoms with Gasteiger partial charge in [0.25, 0.3) is 0 Å². The lowest BCUT2D eigenvalue weighted by atomic mass is 9.86. The molecule has 147 heavy (non-hydrogen) atoms. The number of thiophene rings is 1. The SMILES string of the molecule is CC(C)(C)c1ccc(-c2nc(-n3c4cc(-c5ccccc5)ccc4c4c5ccccc5ccc43)nc3ccccc23)cc1.c1ccc(-c2ccc(-c3cc(-n4c5ccccc5c5cc(-c6ccc7c(c6)c6ccccc6n7-c6ccccc6)ccc54)nc4ccccc34)cc2)cc1.c1ccc(-c2cccc(-c3ccc4c5ccccc5n(-c5nccc(-c6cccc(-c7cccc8c7sc7ccccc78)c6)n5)c4c3)c2)cc1. The number of pyridine rings is 1. The van der Waals surface area contributed by atoms with Crippen LogP contribution in [-0.4, -0.2) is 43.2 Å². The zero-order valence-corrected chi connectivity index (χ0v) is 81.7. The van der Waals surface area contributed by atoms with Crippen molar-refractivity contribution in [2.75, 3.05) is 0 Å². The average Bonchev–Trinajstić information content (AvgIpc) is 1.56. The van der Waals surface area contributed by atoms with Crippen LogP contribution in [-0.2, 0) is 5.41 Å². The predicted molar refractivity (Wildman–Crippen MR) is 619 cm³/mol. The maximum Gasteiger partial charge on any atom is 0.235 e. The largest absolute Gasteiger partial charge is 0.309 e. The fraction of sp³-hybridized carbons (Fsp3) is 0.0292. The number of hydrogen-bond donors (Lipinski definition) is 0. The zero-order chi connectivity index (χ0) is 97.7. The molecule has 0 bridgehead atoms. The first-order valence-electron chi connectivity index (χ1n) is 50.1. The summed E-state index contributed by atoms with van der Waals surface area (Å²) in [7, 11) is 0. The van der Waals surface area contributed by atoms with E-state index >= 15 is 0 Å². The minimum absolute atomic E-state index is 0.0830. The monoisotopic (exact) mass is 1900 g/mol. The van der Waals surface area contributed by atoms with E-state index in [2.05, 4.69) is 536 Å². The summed E-state index contributed by atoms with van der Waals surface area (Å²) in [5, 5.41) is 16.9. The van der Waals surface area contributed by atoms with Crippen LogP contribution in [0.4, 0.5) is 0 Å². The van der Waals surface area contributed by atoms with Crippen molar-refractivity contribution in [1.29, 1.82) is 0 Å². The fourth-order valence-electron chi connectivity index (χ4n) is 22.0. The predicted octanol–water partition coefficient (Wildman–Crippen LogP) is 36.6. The Morgan fingerprint density at radius 3 is 1.32 bits per heavy atom. The van der Waals surface area contributed by atoms with Crippen molar-refractivity contribution in [2.45, 2.75) is 26.2 Å². The number of hydrogen-bond acceptors (Lipinski definition) is 6. The molecule has 10 heteroatoms. The van der Waals surface area contributed by atoms with Crippen LogP contribution in [0.5, 0.6) is 0 Å². The first-order valence-corrected chi connectivity index (χ1v) is 51.0. The van der Waals surface area contributed by atoms with Gasteiger partial charge in [-0.3, -0.25) is 13.7 Å². The van der Waals surface area contributed by atoms with Gasteiger partial charge in [0.05, 0.1) is 66.6 Å². The highest BCUT2D eigenvalue weighted by atomic mass is 32.1. The minimum Gasteiger partial charge on any atom is -0.309 e. The summed E-state index contributed by atoms with van der Waals surface area (Å²) in [4.78, 5) is 25.9. The first kappa shape index (κ1) is 87.2. The van der Waals surface area contributed by atoms with Gasteiger partial charge in [-0.1, -0.05) is 409 Å². The third-order valence-corrected chi connectivity index (χ3v) is 30.4. The molecule has 0 aliphatic carbocycles. The molecule has 0 fully saturated rings. The lowest BCUT2D eigenvalue weighted by Gasteiger charge is -2.19. The van der Waals surface area contributed by atoms with E-state index in [1.54, 1.807) is 0 Å². The molecule has 0 N–H and O–H groups in total. The highest BCUT2D eigenvalue weighted by molar-refractivity contribution is 7.26. The van der Waals surface area contributed by atoms with Crippen molar-refractivity contribution in [2.24, 2.45) is 0 Å². The molecule has 0 saturated carbocycles. The number of nitrogens with zero attached hydrogens (tertiary/aromatic N) is 9. The molecule has 692 valence electrons. The smallest absolute Gasteiger partial charge is 0.235 e. The van der Waals surface area contributed by atoms with Gasteiger partial charge in [0.2, 0.25) is 11.9 Å². The van der Waals surface area contributed by atoms with Crippen molar-refractivity contribution in [3.05, 3.63) is 515 Å². The Balaban J connectivity index is 0.000000110. The normalized spacial score (nSPS) is 11.8. The van der Waals surface area contributed by atoms with E-state index in [0.29, 0.717) is 11.9 Å². The molecule has 0 saturated heterocycles. The summed E-state index contributed by atoms with van der Waals surface area (Å²) < 4.78 is 11.8. The van der Waals surface area contributed by atoms with Crippen molar-refractivity contribution in [3.63, 3.8) is 0 Å². The van der Waals surface area contributed by atoms with Gasteiger partial charge in [0.1, 0.15) is 5.82 Å². The van der Waals surface area contributed by atoms with E-state index in [-0.39, 0.29) is 5.41 Å². The van der Waals surface area contributed by atoms with Crippen LogP contribution in [0.15, 0.2) is 510 Å². The lowest BCUT2D eigenvalue weighted by Crippen LogP contribution is -2.10.